The van der Waals surface area contributed by atoms with Crippen LogP contribution < -0.4 is 16.0 Å². The van der Waals surface area contributed by atoms with Crippen LogP contribution in [0.2, 0.25) is 0 Å². The van der Waals surface area contributed by atoms with Gasteiger partial charge in [0, 0.05) is 24.2 Å². The van der Waals surface area contributed by atoms with Crippen molar-refractivity contribution >= 4 is 17.6 Å². The average Bonchev–Trinajstić information content (AvgIpc) is 2.85. The molecular weight excluding hydrogens is 292 g/mol. The molecule has 0 atom stereocenters. The Balaban J connectivity index is 1.82. The summed E-state index contributed by atoms with van der Waals surface area (Å²) in [5.41, 5.74) is 7.56. The first-order valence-corrected chi connectivity index (χ1v) is 8.21. The third-order valence-corrected chi connectivity index (χ3v) is 4.99. The van der Waals surface area contributed by atoms with E-state index < -0.39 is 0 Å². The minimum absolute atomic E-state index is 0.00415. The number of rotatable bonds is 3. The normalized spacial score (nSPS) is 19.6. The van der Waals surface area contributed by atoms with E-state index in [1.165, 1.54) is 5.56 Å². The van der Waals surface area contributed by atoms with Crippen molar-refractivity contribution < 1.29 is 9.59 Å². The van der Waals surface area contributed by atoms with Gasteiger partial charge in [0.1, 0.15) is 0 Å². The van der Waals surface area contributed by atoms with Crippen LogP contribution in [0, 0.1) is 0 Å². The Morgan fingerprint density at radius 2 is 1.96 bits per heavy atom. The van der Waals surface area contributed by atoms with E-state index in [0.717, 1.165) is 31.6 Å². The minimum atomic E-state index is -0.281. The SMILES string of the molecule is CCNC(=O)N1CC2(CCN(CC(N)=O)CC2)c2ccccc21. The van der Waals surface area contributed by atoms with E-state index in [0.29, 0.717) is 19.6 Å². The number of fused-ring (bicyclic) bond motifs is 2. The summed E-state index contributed by atoms with van der Waals surface area (Å²) < 4.78 is 0. The van der Waals surface area contributed by atoms with E-state index in [9.17, 15) is 9.59 Å². The predicted molar refractivity (Wildman–Crippen MR) is 89.4 cm³/mol. The van der Waals surface area contributed by atoms with Crippen molar-refractivity contribution in [2.24, 2.45) is 5.73 Å². The molecule has 124 valence electrons. The number of likely N-dealkylation sites (tertiary alicyclic amines) is 1. The van der Waals surface area contributed by atoms with Crippen molar-refractivity contribution in [2.45, 2.75) is 25.2 Å². The molecule has 3 N–H and O–H groups in total. The maximum atomic E-state index is 12.4. The van der Waals surface area contributed by atoms with Gasteiger partial charge in [0.2, 0.25) is 5.91 Å². The Kier molecular flexibility index (Phi) is 4.26. The third-order valence-electron chi connectivity index (χ3n) is 4.99. The molecule has 2 aliphatic rings. The van der Waals surface area contributed by atoms with Gasteiger partial charge in [-0.3, -0.25) is 14.6 Å². The molecular formula is C17H24N4O2. The highest BCUT2D eigenvalue weighted by atomic mass is 16.2. The molecule has 2 aliphatic heterocycles. The summed E-state index contributed by atoms with van der Waals surface area (Å²) in [6, 6.07) is 8.15. The zero-order valence-corrected chi connectivity index (χ0v) is 13.5. The van der Waals surface area contributed by atoms with Crippen LogP contribution in [0.3, 0.4) is 0 Å². The second-order valence-electron chi connectivity index (χ2n) is 6.46. The highest BCUT2D eigenvalue weighted by molar-refractivity contribution is 5.95. The molecule has 23 heavy (non-hydrogen) atoms. The topological polar surface area (TPSA) is 78.7 Å². The Labute approximate surface area is 136 Å². The Hall–Kier alpha value is -2.08. The monoisotopic (exact) mass is 316 g/mol. The van der Waals surface area contributed by atoms with Crippen LogP contribution in [0.25, 0.3) is 0 Å². The van der Waals surface area contributed by atoms with Crippen LogP contribution in [0.5, 0.6) is 0 Å². The fourth-order valence-corrected chi connectivity index (χ4v) is 3.85. The van der Waals surface area contributed by atoms with Gasteiger partial charge in [-0.25, -0.2) is 4.79 Å². The number of piperidine rings is 1. The Morgan fingerprint density at radius 3 is 2.61 bits per heavy atom. The predicted octanol–water partition coefficient (Wildman–Crippen LogP) is 1.06. The summed E-state index contributed by atoms with van der Waals surface area (Å²) >= 11 is 0. The maximum Gasteiger partial charge on any atom is 0.321 e. The number of amides is 3. The van der Waals surface area contributed by atoms with Gasteiger partial charge in [-0.2, -0.15) is 0 Å². The molecule has 1 saturated heterocycles. The molecule has 0 bridgehead atoms. The van der Waals surface area contributed by atoms with Crippen molar-refractivity contribution in [1.29, 1.82) is 0 Å². The van der Waals surface area contributed by atoms with Crippen LogP contribution >= 0.6 is 0 Å². The number of benzene rings is 1. The van der Waals surface area contributed by atoms with Gasteiger partial charge >= 0.3 is 6.03 Å². The molecule has 0 saturated carbocycles. The zero-order valence-electron chi connectivity index (χ0n) is 13.5. The molecule has 1 spiro atoms. The first-order valence-electron chi connectivity index (χ1n) is 8.21. The quantitative estimate of drug-likeness (QED) is 0.875. The van der Waals surface area contributed by atoms with E-state index >= 15 is 0 Å². The lowest BCUT2D eigenvalue weighted by Gasteiger charge is -2.39. The van der Waals surface area contributed by atoms with E-state index in [1.54, 1.807) is 0 Å². The summed E-state index contributed by atoms with van der Waals surface area (Å²) in [5.74, 6) is -0.281. The number of hydrogen-bond donors (Lipinski definition) is 2. The van der Waals surface area contributed by atoms with Gasteiger partial charge < -0.3 is 11.1 Å². The molecule has 0 radical (unpaired) electrons. The van der Waals surface area contributed by atoms with Crippen molar-refractivity contribution in [2.75, 3.05) is 37.6 Å². The Bertz CT molecular complexity index is 608. The second kappa shape index (κ2) is 6.20. The molecule has 0 unspecified atom stereocenters. The third kappa shape index (κ3) is 2.91. The molecule has 3 amide bonds. The number of nitrogens with two attached hydrogens (primary N) is 1. The summed E-state index contributed by atoms with van der Waals surface area (Å²) in [6.45, 7) is 5.25. The maximum absolute atomic E-state index is 12.4. The number of urea groups is 1. The summed E-state index contributed by atoms with van der Waals surface area (Å²) in [4.78, 5) is 27.5. The minimum Gasteiger partial charge on any atom is -0.369 e. The molecule has 0 aromatic heterocycles. The van der Waals surface area contributed by atoms with Crippen LogP contribution in [-0.2, 0) is 10.2 Å². The average molecular weight is 316 g/mol. The lowest BCUT2D eigenvalue weighted by molar-refractivity contribution is -0.119. The van der Waals surface area contributed by atoms with E-state index in [1.807, 2.05) is 30.0 Å². The number of nitrogens with zero attached hydrogens (tertiary/aromatic N) is 2. The van der Waals surface area contributed by atoms with Crippen LogP contribution in [0.1, 0.15) is 25.3 Å². The molecule has 2 heterocycles. The van der Waals surface area contributed by atoms with Gasteiger partial charge in [-0.05, 0) is 44.5 Å². The molecule has 1 fully saturated rings. The van der Waals surface area contributed by atoms with Gasteiger partial charge in [-0.1, -0.05) is 18.2 Å². The zero-order chi connectivity index (χ0) is 16.4. The smallest absolute Gasteiger partial charge is 0.321 e. The molecule has 0 aliphatic carbocycles. The van der Waals surface area contributed by atoms with Gasteiger partial charge in [0.05, 0.1) is 6.54 Å². The van der Waals surface area contributed by atoms with Crippen molar-refractivity contribution in [3.05, 3.63) is 29.8 Å². The number of carbonyl (C=O) groups excluding carboxylic acids is 2. The summed E-state index contributed by atoms with van der Waals surface area (Å²) in [5, 5.41) is 2.90. The van der Waals surface area contributed by atoms with Gasteiger partial charge in [-0.15, -0.1) is 0 Å². The molecule has 1 aromatic rings. The molecule has 6 heteroatoms. The number of nitrogens with one attached hydrogen (secondary N) is 1. The lowest BCUT2D eigenvalue weighted by Crippen LogP contribution is -2.49. The fraction of sp³-hybridized carbons (Fsp3) is 0.529. The van der Waals surface area contributed by atoms with Gasteiger partial charge in [0.15, 0.2) is 0 Å². The van der Waals surface area contributed by atoms with Crippen LogP contribution in [0.15, 0.2) is 24.3 Å². The Morgan fingerprint density at radius 1 is 1.26 bits per heavy atom. The summed E-state index contributed by atoms with van der Waals surface area (Å²) in [7, 11) is 0. The second-order valence-corrected chi connectivity index (χ2v) is 6.46. The van der Waals surface area contributed by atoms with Crippen LogP contribution in [0.4, 0.5) is 10.5 Å². The first kappa shape index (κ1) is 15.8. The fourth-order valence-electron chi connectivity index (χ4n) is 3.85. The van der Waals surface area contributed by atoms with Crippen LogP contribution in [-0.4, -0.2) is 49.6 Å². The van der Waals surface area contributed by atoms with Gasteiger partial charge in [0.25, 0.3) is 0 Å². The van der Waals surface area contributed by atoms with Crippen molar-refractivity contribution in [1.82, 2.24) is 10.2 Å². The number of carbonyl (C=O) groups is 2. The highest BCUT2D eigenvalue weighted by Gasteiger charge is 2.46. The first-order chi connectivity index (χ1) is 11.1. The van der Waals surface area contributed by atoms with E-state index in [-0.39, 0.29) is 17.4 Å². The molecule has 6 nitrogen and oxygen atoms in total. The highest BCUT2D eigenvalue weighted by Crippen LogP contribution is 2.46. The van der Waals surface area contributed by atoms with E-state index in [4.69, 9.17) is 5.73 Å². The standard InChI is InChI=1S/C17H24N4O2/c1-2-19-16(23)21-12-17(13-5-3-4-6-14(13)21)7-9-20(10-8-17)11-15(18)22/h3-6H,2,7-12H2,1H3,(H2,18,22)(H,19,23). The molecule has 1 aromatic carbocycles. The summed E-state index contributed by atoms with van der Waals surface area (Å²) in [6.07, 6.45) is 1.88. The number of hydrogen-bond acceptors (Lipinski definition) is 3. The largest absolute Gasteiger partial charge is 0.369 e. The lowest BCUT2D eigenvalue weighted by atomic mass is 9.74. The number of anilines is 1. The number of para-hydroxylation sites is 1. The van der Waals surface area contributed by atoms with E-state index in [2.05, 4.69) is 16.3 Å². The molecule has 3 rings (SSSR count). The van der Waals surface area contributed by atoms with Crippen molar-refractivity contribution in [3.63, 3.8) is 0 Å². The number of primary amides is 1. The van der Waals surface area contributed by atoms with Crippen molar-refractivity contribution in [3.8, 4) is 0 Å².